The lowest BCUT2D eigenvalue weighted by Crippen LogP contribution is -1.97. The molecule has 0 aliphatic heterocycles. The van der Waals surface area contributed by atoms with E-state index in [2.05, 4.69) is 8.37 Å². The quantitative estimate of drug-likeness (QED) is 0.325. The van der Waals surface area contributed by atoms with Crippen LogP contribution in [0.4, 0.5) is 18.4 Å². The van der Waals surface area contributed by atoms with E-state index in [0.717, 1.165) is 0 Å². The fourth-order valence-corrected chi connectivity index (χ4v) is 0.628. The van der Waals surface area contributed by atoms with Gasteiger partial charge in [0, 0.05) is 0 Å². The van der Waals surface area contributed by atoms with E-state index < -0.39 is 12.4 Å². The molecule has 0 aliphatic carbocycles. The van der Waals surface area contributed by atoms with Gasteiger partial charge in [-0.2, -0.15) is 0 Å². The Hall–Kier alpha value is -0.540. The molecule has 0 bridgehead atoms. The van der Waals surface area contributed by atoms with E-state index in [4.69, 9.17) is 0 Å². The molecule has 0 aromatic rings. The van der Waals surface area contributed by atoms with Crippen LogP contribution in [0.3, 0.4) is 0 Å². The second-order valence-corrected chi connectivity index (χ2v) is 2.23. The molecule has 11 heavy (non-hydrogen) atoms. The van der Waals surface area contributed by atoms with E-state index in [0.29, 0.717) is 0 Å². The SMILES string of the molecule is O=C(F)OSNSOC(=O)F. The summed E-state index contributed by atoms with van der Waals surface area (Å²) in [5, 5.41) is 0. The fourth-order valence-electron chi connectivity index (χ4n) is 0.113. The largest absolute Gasteiger partial charge is 0.509 e. The lowest BCUT2D eigenvalue weighted by molar-refractivity contribution is 0.184. The molecule has 0 spiro atoms. The van der Waals surface area contributed by atoms with Gasteiger partial charge in [-0.3, -0.25) is 0 Å². The van der Waals surface area contributed by atoms with Crippen molar-refractivity contribution in [3.8, 4) is 0 Å². The van der Waals surface area contributed by atoms with Gasteiger partial charge in [0.15, 0.2) is 24.5 Å². The minimum Gasteiger partial charge on any atom is -0.348 e. The van der Waals surface area contributed by atoms with Crippen LogP contribution in [0, 0.1) is 0 Å². The summed E-state index contributed by atoms with van der Waals surface area (Å²) in [6.07, 6.45) is -4.04. The van der Waals surface area contributed by atoms with Crippen LogP contribution in [-0.2, 0) is 8.37 Å². The van der Waals surface area contributed by atoms with Crippen LogP contribution < -0.4 is 4.13 Å². The van der Waals surface area contributed by atoms with Gasteiger partial charge in [-0.05, 0) is 0 Å². The standard InChI is InChI=1S/C2HF2NO4S2/c3-1(6)8-10-5-11-9-2(4)7/h5H. The Morgan fingerprint density at radius 1 is 1.09 bits per heavy atom. The van der Waals surface area contributed by atoms with E-state index in [-0.39, 0.29) is 24.5 Å². The second-order valence-electron chi connectivity index (χ2n) is 0.892. The molecule has 0 unspecified atom stereocenters. The molecular weight excluding hydrogens is 204 g/mol. The van der Waals surface area contributed by atoms with Gasteiger partial charge in [0.2, 0.25) is 0 Å². The molecule has 64 valence electrons. The second kappa shape index (κ2) is 6.19. The Morgan fingerprint density at radius 2 is 1.45 bits per heavy atom. The molecule has 0 saturated carbocycles. The van der Waals surface area contributed by atoms with Crippen LogP contribution >= 0.6 is 24.5 Å². The van der Waals surface area contributed by atoms with Crippen molar-refractivity contribution in [3.05, 3.63) is 0 Å². The molecule has 0 heterocycles. The number of nitrogens with one attached hydrogen (secondary N) is 1. The van der Waals surface area contributed by atoms with E-state index in [9.17, 15) is 18.4 Å². The van der Waals surface area contributed by atoms with Crippen molar-refractivity contribution >= 4 is 36.9 Å². The van der Waals surface area contributed by atoms with Crippen molar-refractivity contribution in [2.45, 2.75) is 0 Å². The summed E-state index contributed by atoms with van der Waals surface area (Å²) in [5.74, 6) is 0. The van der Waals surface area contributed by atoms with Gasteiger partial charge in [0.05, 0.1) is 0 Å². The average molecular weight is 205 g/mol. The van der Waals surface area contributed by atoms with Crippen molar-refractivity contribution in [2.24, 2.45) is 0 Å². The van der Waals surface area contributed by atoms with Crippen molar-refractivity contribution in [1.29, 1.82) is 0 Å². The maximum absolute atomic E-state index is 11.2. The summed E-state index contributed by atoms with van der Waals surface area (Å²) < 4.78 is 31.4. The zero-order chi connectivity index (χ0) is 8.69. The molecule has 1 N–H and O–H groups in total. The van der Waals surface area contributed by atoms with Gasteiger partial charge in [0.1, 0.15) is 0 Å². The molecule has 0 aromatic heterocycles. The van der Waals surface area contributed by atoms with Crippen LogP contribution in [0.25, 0.3) is 0 Å². The highest BCUT2D eigenvalue weighted by atomic mass is 32.2. The molecule has 0 rings (SSSR count). The third-order valence-electron chi connectivity index (χ3n) is 0.282. The number of hydrogen-bond acceptors (Lipinski definition) is 7. The minimum absolute atomic E-state index is 0.148. The number of hydrogen-bond donors (Lipinski definition) is 1. The van der Waals surface area contributed by atoms with E-state index in [1.165, 1.54) is 0 Å². The lowest BCUT2D eigenvalue weighted by atomic mass is 11.5. The molecule has 0 saturated heterocycles. The Labute approximate surface area is 68.5 Å². The smallest absolute Gasteiger partial charge is 0.348 e. The van der Waals surface area contributed by atoms with Crippen LogP contribution in [-0.4, -0.2) is 12.4 Å². The molecule has 0 aromatic carbocycles. The maximum Gasteiger partial charge on any atom is 0.509 e. The highest BCUT2D eigenvalue weighted by Gasteiger charge is 2.01. The summed E-state index contributed by atoms with van der Waals surface area (Å²) in [6.45, 7) is 0. The number of carbonyl (C=O) groups is 2. The predicted octanol–water partition coefficient (Wildman–Crippen LogP) is 1.91. The first-order valence-corrected chi connectivity index (χ1v) is 3.42. The summed E-state index contributed by atoms with van der Waals surface area (Å²) in [7, 11) is 0. The topological polar surface area (TPSA) is 64.6 Å². The van der Waals surface area contributed by atoms with Crippen molar-refractivity contribution in [3.63, 3.8) is 0 Å². The Bertz CT molecular complexity index is 139. The highest BCUT2D eigenvalue weighted by Crippen LogP contribution is 2.07. The zero-order valence-electron chi connectivity index (χ0n) is 4.71. The minimum atomic E-state index is -2.02. The van der Waals surface area contributed by atoms with Gasteiger partial charge in [-0.15, -0.1) is 12.9 Å². The highest BCUT2D eigenvalue weighted by molar-refractivity contribution is 8.08. The molecule has 0 radical (unpaired) electrons. The van der Waals surface area contributed by atoms with Crippen LogP contribution in [0.5, 0.6) is 0 Å². The number of carbonyl (C=O) groups excluding carboxylic acids is 2. The van der Waals surface area contributed by atoms with Crippen molar-refractivity contribution in [1.82, 2.24) is 4.13 Å². The monoisotopic (exact) mass is 205 g/mol. The third-order valence-corrected chi connectivity index (χ3v) is 1.26. The lowest BCUT2D eigenvalue weighted by Gasteiger charge is -1.95. The first-order valence-electron chi connectivity index (χ1n) is 1.94. The maximum atomic E-state index is 11.2. The molecule has 9 heteroatoms. The summed E-state index contributed by atoms with van der Waals surface area (Å²) in [4.78, 5) is 18.8. The first kappa shape index (κ1) is 10.5. The van der Waals surface area contributed by atoms with Crippen molar-refractivity contribution < 1.29 is 26.7 Å². The van der Waals surface area contributed by atoms with Crippen LogP contribution in [0.15, 0.2) is 0 Å². The fraction of sp³-hybridized carbons (Fsp3) is 0. The summed E-state index contributed by atoms with van der Waals surface area (Å²) in [5.41, 5.74) is 0. The number of rotatable bonds is 4. The van der Waals surface area contributed by atoms with Gasteiger partial charge >= 0.3 is 12.4 Å². The van der Waals surface area contributed by atoms with Gasteiger partial charge in [-0.1, -0.05) is 0 Å². The molecule has 0 atom stereocenters. The predicted molar refractivity (Wildman–Crippen MR) is 33.5 cm³/mol. The zero-order valence-corrected chi connectivity index (χ0v) is 6.34. The first-order chi connectivity index (χ1) is 5.13. The van der Waals surface area contributed by atoms with Crippen molar-refractivity contribution in [2.75, 3.05) is 0 Å². The summed E-state index contributed by atoms with van der Waals surface area (Å²) in [6, 6.07) is 0. The number of halogens is 2. The normalized spacial score (nSPS) is 8.91. The van der Waals surface area contributed by atoms with E-state index in [1.807, 2.05) is 4.13 Å². The van der Waals surface area contributed by atoms with Crippen LogP contribution in [0.2, 0.25) is 0 Å². The third kappa shape index (κ3) is 9.46. The molecule has 0 amide bonds. The molecule has 0 aliphatic rings. The van der Waals surface area contributed by atoms with Crippen LogP contribution in [0.1, 0.15) is 0 Å². The molecule has 5 nitrogen and oxygen atoms in total. The Kier molecular flexibility index (Phi) is 5.88. The van der Waals surface area contributed by atoms with E-state index >= 15 is 0 Å². The van der Waals surface area contributed by atoms with E-state index in [1.54, 1.807) is 0 Å². The Balaban J connectivity index is 3.03. The molecular formula is C2HF2NO4S2. The summed E-state index contributed by atoms with van der Waals surface area (Å²) >= 11 is 0.296. The van der Waals surface area contributed by atoms with Gasteiger partial charge < -0.3 is 8.37 Å². The average Bonchev–Trinajstić information content (AvgIpc) is 1.85. The van der Waals surface area contributed by atoms with Gasteiger partial charge in [0.25, 0.3) is 0 Å². The Morgan fingerprint density at radius 3 is 1.73 bits per heavy atom. The molecule has 0 fully saturated rings. The van der Waals surface area contributed by atoms with Gasteiger partial charge in [-0.25, -0.2) is 9.59 Å².